The Morgan fingerprint density at radius 1 is 1.22 bits per heavy atom. The molecule has 0 aliphatic heterocycles. The number of rotatable bonds is 6. The molecule has 0 saturated heterocycles. The summed E-state index contributed by atoms with van der Waals surface area (Å²) in [5, 5.41) is 3.50. The number of benzene rings is 1. The average Bonchev–Trinajstić information content (AvgIpc) is 2.85. The van der Waals surface area contributed by atoms with Gasteiger partial charge in [0.2, 0.25) is 0 Å². The van der Waals surface area contributed by atoms with Gasteiger partial charge in [0.25, 0.3) is 0 Å². The van der Waals surface area contributed by atoms with E-state index in [0.29, 0.717) is 0 Å². The first-order valence-electron chi connectivity index (χ1n) is 6.35. The number of para-hydroxylation sites is 1. The number of hydrogen-bond donors (Lipinski definition) is 1. The highest BCUT2D eigenvalue weighted by Gasteiger charge is 2.01. The normalized spacial score (nSPS) is 10.6. The van der Waals surface area contributed by atoms with Crippen molar-refractivity contribution in [2.24, 2.45) is 0 Å². The van der Waals surface area contributed by atoms with Gasteiger partial charge < -0.3 is 9.88 Å². The first-order chi connectivity index (χ1) is 8.83. The van der Waals surface area contributed by atoms with Crippen LogP contribution in [-0.2, 0) is 13.1 Å². The Labute approximate surface area is 113 Å². The molecule has 2 rings (SSSR count). The SMILES string of the molecule is CCCn1ccc(CNc2ccccc2SC)c1. The molecule has 0 aliphatic carbocycles. The van der Waals surface area contributed by atoms with Crippen molar-refractivity contribution in [1.29, 1.82) is 0 Å². The van der Waals surface area contributed by atoms with Crippen molar-refractivity contribution in [2.45, 2.75) is 31.3 Å². The van der Waals surface area contributed by atoms with Gasteiger partial charge in [-0.05, 0) is 36.4 Å². The molecule has 0 radical (unpaired) electrons. The summed E-state index contributed by atoms with van der Waals surface area (Å²) in [5.41, 5.74) is 2.55. The van der Waals surface area contributed by atoms with Gasteiger partial charge in [-0.1, -0.05) is 19.1 Å². The maximum Gasteiger partial charge on any atom is 0.0480 e. The molecule has 0 bridgehead atoms. The number of aryl methyl sites for hydroxylation is 1. The highest BCUT2D eigenvalue weighted by molar-refractivity contribution is 7.98. The molecule has 2 aromatic rings. The summed E-state index contributed by atoms with van der Waals surface area (Å²) >= 11 is 1.78. The molecule has 0 spiro atoms. The molecule has 3 heteroatoms. The second-order valence-electron chi connectivity index (χ2n) is 4.31. The van der Waals surface area contributed by atoms with Gasteiger partial charge in [-0.25, -0.2) is 0 Å². The van der Waals surface area contributed by atoms with Crippen LogP contribution in [0.3, 0.4) is 0 Å². The first kappa shape index (κ1) is 13.1. The zero-order chi connectivity index (χ0) is 12.8. The van der Waals surface area contributed by atoms with Gasteiger partial charge in [-0.15, -0.1) is 11.8 Å². The summed E-state index contributed by atoms with van der Waals surface area (Å²) in [5.74, 6) is 0. The molecule has 1 aromatic heterocycles. The van der Waals surface area contributed by atoms with E-state index in [2.05, 4.69) is 65.8 Å². The molecule has 0 saturated carbocycles. The summed E-state index contributed by atoms with van der Waals surface area (Å²) in [6, 6.07) is 10.6. The lowest BCUT2D eigenvalue weighted by Crippen LogP contribution is -2.00. The number of nitrogens with one attached hydrogen (secondary N) is 1. The van der Waals surface area contributed by atoms with E-state index in [1.807, 2.05) is 0 Å². The van der Waals surface area contributed by atoms with Crippen molar-refractivity contribution in [3.8, 4) is 0 Å². The van der Waals surface area contributed by atoms with Gasteiger partial charge in [-0.2, -0.15) is 0 Å². The van der Waals surface area contributed by atoms with E-state index in [1.165, 1.54) is 22.6 Å². The molecule has 2 nitrogen and oxygen atoms in total. The lowest BCUT2D eigenvalue weighted by Gasteiger charge is -2.09. The minimum Gasteiger partial charge on any atom is -0.380 e. The maximum atomic E-state index is 3.50. The van der Waals surface area contributed by atoms with Crippen molar-refractivity contribution in [3.63, 3.8) is 0 Å². The van der Waals surface area contributed by atoms with Crippen LogP contribution < -0.4 is 5.32 Å². The minimum absolute atomic E-state index is 0.883. The molecule has 96 valence electrons. The zero-order valence-corrected chi connectivity index (χ0v) is 11.8. The molecule has 0 atom stereocenters. The fourth-order valence-electron chi connectivity index (χ4n) is 1.98. The van der Waals surface area contributed by atoms with E-state index in [9.17, 15) is 0 Å². The van der Waals surface area contributed by atoms with Crippen molar-refractivity contribution in [3.05, 3.63) is 48.3 Å². The second kappa shape index (κ2) is 6.55. The summed E-state index contributed by atoms with van der Waals surface area (Å²) in [7, 11) is 0. The number of aromatic nitrogens is 1. The van der Waals surface area contributed by atoms with Gasteiger partial charge in [0.05, 0.1) is 0 Å². The Morgan fingerprint density at radius 2 is 2.06 bits per heavy atom. The summed E-state index contributed by atoms with van der Waals surface area (Å²) in [6.45, 7) is 4.18. The lowest BCUT2D eigenvalue weighted by molar-refractivity contribution is 0.681. The molecule has 0 fully saturated rings. The van der Waals surface area contributed by atoms with Crippen LogP contribution in [0, 0.1) is 0 Å². The van der Waals surface area contributed by atoms with Crippen LogP contribution in [0.15, 0.2) is 47.6 Å². The summed E-state index contributed by atoms with van der Waals surface area (Å²) in [4.78, 5) is 1.30. The van der Waals surface area contributed by atoms with E-state index < -0.39 is 0 Å². The van der Waals surface area contributed by atoms with E-state index >= 15 is 0 Å². The highest BCUT2D eigenvalue weighted by atomic mass is 32.2. The van der Waals surface area contributed by atoms with E-state index in [0.717, 1.165) is 13.1 Å². The Bertz CT molecular complexity index is 491. The third-order valence-corrected chi connectivity index (χ3v) is 3.68. The Kier molecular flexibility index (Phi) is 4.76. The van der Waals surface area contributed by atoms with Crippen LogP contribution in [-0.4, -0.2) is 10.8 Å². The van der Waals surface area contributed by atoms with Crippen LogP contribution in [0.1, 0.15) is 18.9 Å². The standard InChI is InChI=1S/C15H20N2S/c1-3-9-17-10-8-13(12-17)11-16-14-6-4-5-7-15(14)18-2/h4-8,10,12,16H,3,9,11H2,1-2H3. The van der Waals surface area contributed by atoms with Crippen molar-refractivity contribution < 1.29 is 0 Å². The van der Waals surface area contributed by atoms with Gasteiger partial charge >= 0.3 is 0 Å². The first-order valence-corrected chi connectivity index (χ1v) is 7.57. The number of nitrogens with zero attached hydrogens (tertiary/aromatic N) is 1. The number of anilines is 1. The van der Waals surface area contributed by atoms with Crippen LogP contribution in [0.2, 0.25) is 0 Å². The second-order valence-corrected chi connectivity index (χ2v) is 5.16. The fraction of sp³-hybridized carbons (Fsp3) is 0.333. The van der Waals surface area contributed by atoms with Crippen LogP contribution >= 0.6 is 11.8 Å². The van der Waals surface area contributed by atoms with Gasteiger partial charge in [0.15, 0.2) is 0 Å². The summed E-state index contributed by atoms with van der Waals surface area (Å²) in [6.07, 6.45) is 7.66. The molecule has 1 aromatic carbocycles. The van der Waals surface area contributed by atoms with Crippen LogP contribution in [0.4, 0.5) is 5.69 Å². The van der Waals surface area contributed by atoms with Crippen molar-refractivity contribution in [2.75, 3.05) is 11.6 Å². The third kappa shape index (κ3) is 3.33. The lowest BCUT2D eigenvalue weighted by atomic mass is 10.3. The highest BCUT2D eigenvalue weighted by Crippen LogP contribution is 2.25. The zero-order valence-electron chi connectivity index (χ0n) is 11.0. The topological polar surface area (TPSA) is 17.0 Å². The quantitative estimate of drug-likeness (QED) is 0.783. The van der Waals surface area contributed by atoms with Crippen molar-refractivity contribution >= 4 is 17.4 Å². The Hall–Kier alpha value is -1.35. The fourth-order valence-corrected chi connectivity index (χ4v) is 2.56. The molecule has 0 aliphatic rings. The monoisotopic (exact) mass is 260 g/mol. The van der Waals surface area contributed by atoms with E-state index in [-0.39, 0.29) is 0 Å². The number of thioether (sulfide) groups is 1. The molecular formula is C15H20N2S. The Morgan fingerprint density at radius 3 is 2.83 bits per heavy atom. The third-order valence-electron chi connectivity index (χ3n) is 2.88. The van der Waals surface area contributed by atoms with Gasteiger partial charge in [-0.3, -0.25) is 0 Å². The molecular weight excluding hydrogens is 240 g/mol. The molecule has 0 unspecified atom stereocenters. The maximum absolute atomic E-state index is 3.50. The Balaban J connectivity index is 1.97. The summed E-state index contributed by atoms with van der Waals surface area (Å²) < 4.78 is 2.25. The van der Waals surface area contributed by atoms with E-state index in [4.69, 9.17) is 0 Å². The molecule has 1 heterocycles. The van der Waals surface area contributed by atoms with Crippen molar-refractivity contribution in [1.82, 2.24) is 4.57 Å². The van der Waals surface area contributed by atoms with E-state index in [1.54, 1.807) is 11.8 Å². The number of hydrogen-bond acceptors (Lipinski definition) is 2. The smallest absolute Gasteiger partial charge is 0.0480 e. The predicted octanol–water partition coefficient (Wildman–Crippen LogP) is 4.23. The molecule has 18 heavy (non-hydrogen) atoms. The van der Waals surface area contributed by atoms with Crippen LogP contribution in [0.25, 0.3) is 0 Å². The van der Waals surface area contributed by atoms with Gasteiger partial charge in [0, 0.05) is 36.1 Å². The largest absolute Gasteiger partial charge is 0.380 e. The average molecular weight is 260 g/mol. The molecule has 0 amide bonds. The minimum atomic E-state index is 0.883. The predicted molar refractivity (Wildman–Crippen MR) is 80.3 cm³/mol. The molecule has 1 N–H and O–H groups in total. The van der Waals surface area contributed by atoms with Crippen LogP contribution in [0.5, 0.6) is 0 Å². The van der Waals surface area contributed by atoms with Gasteiger partial charge in [0.1, 0.15) is 0 Å².